The topological polar surface area (TPSA) is 128 Å². The number of para-hydroxylation sites is 1. The van der Waals surface area contributed by atoms with Crippen molar-refractivity contribution in [2.45, 2.75) is 13.5 Å². The Morgan fingerprint density at radius 3 is 2.51 bits per heavy atom. The van der Waals surface area contributed by atoms with Gasteiger partial charge in [-0.15, -0.1) is 0 Å². The van der Waals surface area contributed by atoms with E-state index >= 15 is 0 Å². The zero-order valence-electron chi connectivity index (χ0n) is 19.5. The number of benzene rings is 3. The number of nitrogens with zero attached hydrogens (tertiary/aromatic N) is 2. The first-order valence-corrected chi connectivity index (χ1v) is 11.4. The van der Waals surface area contributed by atoms with Crippen LogP contribution in [0.25, 0.3) is 6.08 Å². The highest BCUT2D eigenvalue weighted by Crippen LogP contribution is 2.32. The fraction of sp³-hybridized carbons (Fsp3) is 0.115. The summed E-state index contributed by atoms with van der Waals surface area (Å²) in [5, 5.41) is 13.3. The van der Waals surface area contributed by atoms with Gasteiger partial charge in [-0.2, -0.15) is 0 Å². The fourth-order valence-corrected chi connectivity index (χ4v) is 3.82. The molecule has 4 amide bonds. The van der Waals surface area contributed by atoms with Gasteiger partial charge < -0.3 is 9.47 Å². The van der Waals surface area contributed by atoms with Crippen LogP contribution in [0, 0.1) is 10.1 Å². The number of urea groups is 1. The normalized spacial score (nSPS) is 14.5. The highest BCUT2D eigenvalue weighted by Gasteiger charge is 2.37. The van der Waals surface area contributed by atoms with Gasteiger partial charge in [-0.25, -0.2) is 9.69 Å². The number of anilines is 1. The Hall–Kier alpha value is -4.70. The second-order valence-corrected chi connectivity index (χ2v) is 8.17. The van der Waals surface area contributed by atoms with Crippen LogP contribution in [-0.4, -0.2) is 29.4 Å². The number of hydrogen-bond acceptors (Lipinski definition) is 7. The molecule has 1 saturated heterocycles. The molecule has 3 aromatic carbocycles. The van der Waals surface area contributed by atoms with E-state index in [1.54, 1.807) is 49.4 Å². The van der Waals surface area contributed by atoms with Gasteiger partial charge in [0.1, 0.15) is 12.2 Å². The first kappa shape index (κ1) is 25.4. The quantitative estimate of drug-likeness (QED) is 0.193. The molecule has 10 nitrogen and oxygen atoms in total. The standard InChI is InChI=1S/C26H20ClN3O7/c1-2-36-23-14-16(10-11-22(23)37-15-17-6-5-7-18(12-17)30(34)35)13-19-24(31)28-26(33)29(25(19)32)21-9-4-3-8-20(21)27/h3-14H,2,15H2,1H3,(H,28,31,33)/b19-13+. The van der Waals surface area contributed by atoms with Crippen molar-refractivity contribution in [2.75, 3.05) is 11.5 Å². The molecule has 0 spiro atoms. The van der Waals surface area contributed by atoms with E-state index in [9.17, 15) is 24.5 Å². The van der Waals surface area contributed by atoms with Gasteiger partial charge in [0.2, 0.25) is 0 Å². The van der Waals surface area contributed by atoms with E-state index in [1.807, 2.05) is 0 Å². The second-order valence-electron chi connectivity index (χ2n) is 7.76. The van der Waals surface area contributed by atoms with Gasteiger partial charge >= 0.3 is 6.03 Å². The van der Waals surface area contributed by atoms with Crippen LogP contribution >= 0.6 is 11.6 Å². The third-order valence-electron chi connectivity index (χ3n) is 5.29. The van der Waals surface area contributed by atoms with Gasteiger partial charge in [0.15, 0.2) is 11.5 Å². The van der Waals surface area contributed by atoms with E-state index in [4.69, 9.17) is 21.1 Å². The Kier molecular flexibility index (Phi) is 7.49. The van der Waals surface area contributed by atoms with Crippen LogP contribution in [0.1, 0.15) is 18.1 Å². The van der Waals surface area contributed by atoms with Crippen LogP contribution in [0.4, 0.5) is 16.2 Å². The monoisotopic (exact) mass is 521 g/mol. The van der Waals surface area contributed by atoms with Crippen LogP contribution < -0.4 is 19.7 Å². The lowest BCUT2D eigenvalue weighted by molar-refractivity contribution is -0.384. The van der Waals surface area contributed by atoms with Crippen molar-refractivity contribution >= 4 is 46.9 Å². The molecule has 0 saturated carbocycles. The molecule has 1 aliphatic heterocycles. The molecular formula is C26H20ClN3O7. The molecule has 4 rings (SSSR count). The van der Waals surface area contributed by atoms with Gasteiger partial charge in [-0.1, -0.05) is 41.9 Å². The highest BCUT2D eigenvalue weighted by atomic mass is 35.5. The molecule has 1 fully saturated rings. The van der Waals surface area contributed by atoms with Crippen LogP contribution in [0.5, 0.6) is 11.5 Å². The molecule has 3 aromatic rings. The van der Waals surface area contributed by atoms with E-state index in [0.717, 1.165) is 4.90 Å². The number of carbonyl (C=O) groups is 3. The van der Waals surface area contributed by atoms with Crippen molar-refractivity contribution in [2.24, 2.45) is 0 Å². The third kappa shape index (κ3) is 5.60. The minimum absolute atomic E-state index is 0.0483. The molecule has 1 N–H and O–H groups in total. The van der Waals surface area contributed by atoms with Crippen molar-refractivity contribution in [3.8, 4) is 11.5 Å². The van der Waals surface area contributed by atoms with E-state index in [1.165, 1.54) is 30.3 Å². The predicted molar refractivity (Wildman–Crippen MR) is 135 cm³/mol. The van der Waals surface area contributed by atoms with Gasteiger partial charge in [0.05, 0.1) is 22.2 Å². The van der Waals surface area contributed by atoms with Crippen LogP contribution in [0.15, 0.2) is 72.3 Å². The molecule has 0 unspecified atom stereocenters. The van der Waals surface area contributed by atoms with Gasteiger partial charge in [0, 0.05) is 12.1 Å². The highest BCUT2D eigenvalue weighted by molar-refractivity contribution is 6.42. The van der Waals surface area contributed by atoms with Crippen molar-refractivity contribution in [3.05, 3.63) is 98.6 Å². The molecule has 11 heteroatoms. The van der Waals surface area contributed by atoms with Crippen LogP contribution in [0.3, 0.4) is 0 Å². The van der Waals surface area contributed by atoms with E-state index in [0.29, 0.717) is 29.2 Å². The molecule has 0 atom stereocenters. The minimum Gasteiger partial charge on any atom is -0.490 e. The number of hydrogen-bond donors (Lipinski definition) is 1. The SMILES string of the molecule is CCOc1cc(/C=C2\C(=O)NC(=O)N(c3ccccc3Cl)C2=O)ccc1OCc1cccc([N+](=O)[O-])c1. The molecule has 1 aliphatic rings. The average molecular weight is 522 g/mol. The number of non-ortho nitro benzene ring substituents is 1. The fourth-order valence-electron chi connectivity index (χ4n) is 3.60. The van der Waals surface area contributed by atoms with Crippen LogP contribution in [-0.2, 0) is 16.2 Å². The molecular weight excluding hydrogens is 502 g/mol. The first-order chi connectivity index (χ1) is 17.8. The van der Waals surface area contributed by atoms with Crippen molar-refractivity contribution in [1.29, 1.82) is 0 Å². The van der Waals surface area contributed by atoms with Gasteiger partial charge in [-0.05, 0) is 48.4 Å². The zero-order chi connectivity index (χ0) is 26.5. The van der Waals surface area contributed by atoms with E-state index < -0.39 is 22.8 Å². The van der Waals surface area contributed by atoms with Crippen molar-refractivity contribution in [1.82, 2.24) is 5.32 Å². The van der Waals surface area contributed by atoms with Crippen molar-refractivity contribution < 1.29 is 28.8 Å². The Balaban J connectivity index is 1.61. The smallest absolute Gasteiger partial charge is 0.335 e. The van der Waals surface area contributed by atoms with Crippen molar-refractivity contribution in [3.63, 3.8) is 0 Å². The summed E-state index contributed by atoms with van der Waals surface area (Å²) in [6.45, 7) is 2.14. The largest absolute Gasteiger partial charge is 0.490 e. The summed E-state index contributed by atoms with van der Waals surface area (Å²) in [7, 11) is 0. The number of rotatable bonds is 8. The summed E-state index contributed by atoms with van der Waals surface area (Å²) in [4.78, 5) is 49.4. The van der Waals surface area contributed by atoms with Crippen LogP contribution in [0.2, 0.25) is 5.02 Å². The van der Waals surface area contributed by atoms with E-state index in [2.05, 4.69) is 5.32 Å². The number of nitro benzene ring substituents is 1. The van der Waals surface area contributed by atoms with E-state index in [-0.39, 0.29) is 28.6 Å². The minimum atomic E-state index is -0.903. The zero-order valence-corrected chi connectivity index (χ0v) is 20.2. The lowest BCUT2D eigenvalue weighted by Gasteiger charge is -2.27. The molecule has 188 valence electrons. The Bertz CT molecular complexity index is 1440. The number of imide groups is 2. The maximum Gasteiger partial charge on any atom is 0.335 e. The molecule has 0 bridgehead atoms. The molecule has 1 heterocycles. The number of amides is 4. The van der Waals surface area contributed by atoms with Gasteiger partial charge in [0.25, 0.3) is 17.5 Å². The third-order valence-corrected chi connectivity index (χ3v) is 5.61. The lowest BCUT2D eigenvalue weighted by Crippen LogP contribution is -2.54. The molecule has 37 heavy (non-hydrogen) atoms. The first-order valence-electron chi connectivity index (χ1n) is 11.1. The lowest BCUT2D eigenvalue weighted by atomic mass is 10.1. The number of barbiturate groups is 1. The summed E-state index contributed by atoms with van der Waals surface area (Å²) in [6, 6.07) is 16.2. The summed E-state index contributed by atoms with van der Waals surface area (Å²) >= 11 is 6.16. The summed E-state index contributed by atoms with van der Waals surface area (Å²) in [6.07, 6.45) is 1.33. The Morgan fingerprint density at radius 2 is 1.78 bits per heavy atom. The Labute approximate surface area is 216 Å². The number of halogens is 1. The number of ether oxygens (including phenoxy) is 2. The maximum absolute atomic E-state index is 13.1. The average Bonchev–Trinajstić information content (AvgIpc) is 2.87. The summed E-state index contributed by atoms with van der Waals surface area (Å²) in [5.41, 5.74) is 0.861. The maximum atomic E-state index is 13.1. The predicted octanol–water partition coefficient (Wildman–Crippen LogP) is 4.89. The number of nitro groups is 1. The molecule has 0 aliphatic carbocycles. The molecule has 0 radical (unpaired) electrons. The number of nitrogens with one attached hydrogen (secondary N) is 1. The second kappa shape index (κ2) is 10.9. The summed E-state index contributed by atoms with van der Waals surface area (Å²) in [5.74, 6) is -0.971. The molecule has 0 aromatic heterocycles. The summed E-state index contributed by atoms with van der Waals surface area (Å²) < 4.78 is 11.5. The number of carbonyl (C=O) groups excluding carboxylic acids is 3. The Morgan fingerprint density at radius 1 is 1.00 bits per heavy atom. The van der Waals surface area contributed by atoms with Gasteiger partial charge in [-0.3, -0.25) is 25.0 Å².